The molecule has 29 heavy (non-hydrogen) atoms. The van der Waals surface area contributed by atoms with E-state index in [4.69, 9.17) is 15.1 Å². The van der Waals surface area contributed by atoms with Gasteiger partial charge in [0.2, 0.25) is 0 Å². The van der Waals surface area contributed by atoms with Gasteiger partial charge in [-0.25, -0.2) is 0 Å². The second-order valence-corrected chi connectivity index (χ2v) is 9.96. The summed E-state index contributed by atoms with van der Waals surface area (Å²) in [6.45, 7) is 0. The van der Waals surface area contributed by atoms with Crippen LogP contribution in [-0.2, 0) is 53.3 Å². The second-order valence-electron chi connectivity index (χ2n) is 6.15. The normalized spacial score (nSPS) is 32.1. The minimum atomic E-state index is -5.88. The zero-order chi connectivity index (χ0) is 22.0. The van der Waals surface area contributed by atoms with Crippen LogP contribution in [0, 0.1) is 0 Å². The van der Waals surface area contributed by atoms with Crippen LogP contribution in [0.2, 0.25) is 0 Å². The molecule has 2 atom stereocenters. The number of ether oxygens (including phenoxy) is 2. The molecule has 1 spiro atoms. The van der Waals surface area contributed by atoms with Gasteiger partial charge in [-0.1, -0.05) is 0 Å². The Morgan fingerprint density at radius 3 is 1.48 bits per heavy atom. The molecular formula is C14H16GeO14. The van der Waals surface area contributed by atoms with Gasteiger partial charge in [0.15, 0.2) is 0 Å². The maximum absolute atomic E-state index is 12.3. The first kappa shape index (κ1) is 22.6. The molecule has 2 fully saturated rings. The third-order valence-electron chi connectivity index (χ3n) is 3.88. The van der Waals surface area contributed by atoms with Crippen molar-refractivity contribution in [2.45, 2.75) is 36.9 Å². The third kappa shape index (κ3) is 4.83. The molecule has 2 N–H and O–H groups in total. The van der Waals surface area contributed by atoms with Gasteiger partial charge in [-0.05, 0) is 0 Å². The molecule has 15 heteroatoms. The van der Waals surface area contributed by atoms with Gasteiger partial charge < -0.3 is 0 Å². The average molecular weight is 481 g/mol. The van der Waals surface area contributed by atoms with Crippen molar-refractivity contribution in [2.75, 3.05) is 14.2 Å². The Morgan fingerprint density at radius 1 is 0.828 bits per heavy atom. The summed E-state index contributed by atoms with van der Waals surface area (Å²) in [4.78, 5) is 71.6. The molecule has 2 heterocycles. The molecule has 0 aromatic heterocycles. The van der Waals surface area contributed by atoms with Crippen molar-refractivity contribution in [3.05, 3.63) is 0 Å². The number of esters is 2. The molecule has 0 radical (unpaired) electrons. The molecule has 0 aromatic carbocycles. The van der Waals surface area contributed by atoms with Gasteiger partial charge in [-0.2, -0.15) is 0 Å². The van der Waals surface area contributed by atoms with Crippen LogP contribution >= 0.6 is 0 Å². The number of hydrogen-bond acceptors (Lipinski definition) is 14. The van der Waals surface area contributed by atoms with Crippen LogP contribution in [0.25, 0.3) is 0 Å². The van der Waals surface area contributed by atoms with E-state index in [1.807, 2.05) is 0 Å². The van der Waals surface area contributed by atoms with Gasteiger partial charge in [0.25, 0.3) is 0 Å². The summed E-state index contributed by atoms with van der Waals surface area (Å²) in [5.41, 5.74) is -5.49. The summed E-state index contributed by atoms with van der Waals surface area (Å²) in [5.74, 6) is -8.23. The standard InChI is InChI=1S/C14H16GeO14/c1-24-7(16)3-13(22)5-9(18)26-15(28-11(13)20)27-10(19)6-14(23,12(21)29-15)4-8(17)25-2/h22-23H,3-6H2,1-2H3. The van der Waals surface area contributed by atoms with Gasteiger partial charge in [-0.3, -0.25) is 0 Å². The van der Waals surface area contributed by atoms with E-state index in [-0.39, 0.29) is 0 Å². The van der Waals surface area contributed by atoms with Crippen molar-refractivity contribution in [1.29, 1.82) is 0 Å². The van der Waals surface area contributed by atoms with Crippen LogP contribution in [0.5, 0.6) is 0 Å². The summed E-state index contributed by atoms with van der Waals surface area (Å²) >= 11 is -5.88. The fraction of sp³-hybridized carbons (Fsp3) is 0.571. The van der Waals surface area contributed by atoms with Crippen LogP contribution in [0.4, 0.5) is 0 Å². The number of carbonyl (C=O) groups is 6. The van der Waals surface area contributed by atoms with Crippen LogP contribution in [0.15, 0.2) is 0 Å². The van der Waals surface area contributed by atoms with E-state index in [9.17, 15) is 39.0 Å². The van der Waals surface area contributed by atoms with Crippen LogP contribution in [0.3, 0.4) is 0 Å². The molecule has 0 saturated carbocycles. The molecule has 14 nitrogen and oxygen atoms in total. The number of aliphatic hydroxyl groups is 2. The predicted molar refractivity (Wildman–Crippen MR) is 82.5 cm³/mol. The first-order valence-corrected chi connectivity index (χ1v) is 11.3. The van der Waals surface area contributed by atoms with E-state index in [1.165, 1.54) is 0 Å². The van der Waals surface area contributed by atoms with Crippen molar-refractivity contribution in [1.82, 2.24) is 0 Å². The number of hydrogen-bond donors (Lipinski definition) is 2. The Labute approximate surface area is 165 Å². The first-order chi connectivity index (χ1) is 13.4. The molecule has 2 saturated heterocycles. The Balaban J connectivity index is 2.36. The van der Waals surface area contributed by atoms with Gasteiger partial charge in [0.1, 0.15) is 0 Å². The fourth-order valence-electron chi connectivity index (χ4n) is 2.41. The fourth-order valence-corrected chi connectivity index (χ4v) is 6.15. The predicted octanol–water partition coefficient (Wildman–Crippen LogP) is -3.01. The van der Waals surface area contributed by atoms with Crippen molar-refractivity contribution < 1.29 is 63.5 Å². The molecule has 2 rings (SSSR count). The first-order valence-electron chi connectivity index (χ1n) is 7.86. The van der Waals surface area contributed by atoms with Crippen molar-refractivity contribution in [3.8, 4) is 0 Å². The van der Waals surface area contributed by atoms with Gasteiger partial charge in [0, 0.05) is 0 Å². The average Bonchev–Trinajstić information content (AvgIpc) is 2.73. The summed E-state index contributed by atoms with van der Waals surface area (Å²) < 4.78 is 27.6. The maximum atomic E-state index is 12.3. The second kappa shape index (κ2) is 7.96. The zero-order valence-electron chi connectivity index (χ0n) is 15.1. The molecular weight excluding hydrogens is 465 g/mol. The van der Waals surface area contributed by atoms with E-state index in [2.05, 4.69) is 9.47 Å². The topological polar surface area (TPSA) is 198 Å². The van der Waals surface area contributed by atoms with Crippen LogP contribution in [-0.4, -0.2) is 86.1 Å². The molecule has 2 aliphatic rings. The molecule has 2 aliphatic heterocycles. The van der Waals surface area contributed by atoms with Crippen molar-refractivity contribution in [2.24, 2.45) is 0 Å². The summed E-state index contributed by atoms with van der Waals surface area (Å²) in [6, 6.07) is 0. The molecule has 0 aliphatic carbocycles. The van der Waals surface area contributed by atoms with Crippen LogP contribution in [0.1, 0.15) is 25.7 Å². The Kier molecular flexibility index (Phi) is 6.19. The van der Waals surface area contributed by atoms with E-state index < -0.39 is 87.3 Å². The third-order valence-corrected chi connectivity index (χ3v) is 7.71. The monoisotopic (exact) mass is 482 g/mol. The Bertz CT molecular complexity index is 712. The van der Waals surface area contributed by atoms with E-state index >= 15 is 0 Å². The van der Waals surface area contributed by atoms with Gasteiger partial charge >= 0.3 is 165 Å². The number of rotatable bonds is 4. The Hall–Kier alpha value is -2.72. The van der Waals surface area contributed by atoms with Gasteiger partial charge in [0.05, 0.1) is 0 Å². The summed E-state index contributed by atoms with van der Waals surface area (Å²) in [7, 11) is 1.92. The van der Waals surface area contributed by atoms with Crippen molar-refractivity contribution >= 4 is 50.4 Å². The molecule has 160 valence electrons. The summed E-state index contributed by atoms with van der Waals surface area (Å²) in [5, 5.41) is 20.6. The number of carbonyl (C=O) groups excluding carboxylic acids is 6. The molecule has 0 bridgehead atoms. The van der Waals surface area contributed by atoms with E-state index in [1.54, 1.807) is 0 Å². The van der Waals surface area contributed by atoms with Crippen LogP contribution < -0.4 is 0 Å². The zero-order valence-corrected chi connectivity index (χ0v) is 17.2. The van der Waals surface area contributed by atoms with E-state index in [0.717, 1.165) is 14.2 Å². The number of methoxy groups -OCH3 is 2. The van der Waals surface area contributed by atoms with Gasteiger partial charge in [-0.15, -0.1) is 0 Å². The van der Waals surface area contributed by atoms with E-state index in [0.29, 0.717) is 0 Å². The molecule has 0 aromatic rings. The SMILES string of the molecule is COC(=O)CC1(O)CC(=O)[O][Ge]2([O]C(=O)CC(O)(CC(=O)OC)C(=O)[O]2)[O]C1=O. The quantitative estimate of drug-likeness (QED) is 0.304. The van der Waals surface area contributed by atoms with Crippen molar-refractivity contribution in [3.63, 3.8) is 0 Å². The molecule has 0 amide bonds. The summed E-state index contributed by atoms with van der Waals surface area (Å²) in [6.07, 6.45) is -4.22. The minimum absolute atomic E-state index is 0.961. The molecule has 2 unspecified atom stereocenters. The Morgan fingerprint density at radius 2 is 1.17 bits per heavy atom.